The van der Waals surface area contributed by atoms with Gasteiger partial charge in [-0.1, -0.05) is 44.0 Å². The molecule has 94 valence electrons. The molecule has 2 unspecified atom stereocenters. The Kier molecular flexibility index (Phi) is 4.45. The maximum absolute atomic E-state index is 13.2. The lowest BCUT2D eigenvalue weighted by molar-refractivity contribution is 0.625. The van der Waals surface area contributed by atoms with Gasteiger partial charge in [-0.25, -0.2) is 4.39 Å². The first-order valence-corrected chi connectivity index (χ1v) is 7.23. The predicted octanol–water partition coefficient (Wildman–Crippen LogP) is 4.50. The van der Waals surface area contributed by atoms with Crippen LogP contribution in [0.25, 0.3) is 0 Å². The monoisotopic (exact) mass is 372 g/mol. The first-order chi connectivity index (χ1) is 8.58. The fourth-order valence-electron chi connectivity index (χ4n) is 1.61. The van der Waals surface area contributed by atoms with Crippen molar-refractivity contribution >= 4 is 31.9 Å². The molecule has 0 radical (unpaired) electrons. The molecule has 5 heteroatoms. The van der Waals surface area contributed by atoms with E-state index in [4.69, 9.17) is 0 Å². The van der Waals surface area contributed by atoms with E-state index >= 15 is 0 Å². The van der Waals surface area contributed by atoms with Crippen LogP contribution in [-0.2, 0) is 0 Å². The van der Waals surface area contributed by atoms with Crippen molar-refractivity contribution in [1.82, 2.24) is 9.97 Å². The minimum Gasteiger partial charge on any atom is -0.261 e. The van der Waals surface area contributed by atoms with Gasteiger partial charge in [0.2, 0.25) is 0 Å². The van der Waals surface area contributed by atoms with Gasteiger partial charge in [0.25, 0.3) is 0 Å². The van der Waals surface area contributed by atoms with Crippen LogP contribution < -0.4 is 0 Å². The summed E-state index contributed by atoms with van der Waals surface area (Å²) in [4.78, 5) is 8.39. The maximum Gasteiger partial charge on any atom is 0.123 e. The molecule has 0 saturated carbocycles. The van der Waals surface area contributed by atoms with Gasteiger partial charge in [0.1, 0.15) is 5.82 Å². The number of halogens is 3. The Morgan fingerprint density at radius 1 is 1.17 bits per heavy atom. The van der Waals surface area contributed by atoms with Crippen molar-refractivity contribution in [3.63, 3.8) is 0 Å². The molecule has 0 bridgehead atoms. The fraction of sp³-hybridized carbons (Fsp3) is 0.231. The van der Waals surface area contributed by atoms with E-state index in [0.29, 0.717) is 0 Å². The van der Waals surface area contributed by atoms with Crippen molar-refractivity contribution in [2.24, 2.45) is 0 Å². The average molecular weight is 374 g/mol. The topological polar surface area (TPSA) is 25.8 Å². The van der Waals surface area contributed by atoms with Gasteiger partial charge in [0.15, 0.2) is 0 Å². The molecule has 0 fully saturated rings. The van der Waals surface area contributed by atoms with Gasteiger partial charge >= 0.3 is 0 Å². The molecule has 1 aromatic heterocycles. The lowest BCUT2D eigenvalue weighted by Gasteiger charge is -2.16. The Bertz CT molecular complexity index is 499. The van der Waals surface area contributed by atoms with Gasteiger partial charge in [-0.3, -0.25) is 9.97 Å². The molecule has 2 nitrogen and oxygen atoms in total. The minimum absolute atomic E-state index is 0.0632. The number of hydrogen-bond acceptors (Lipinski definition) is 2. The van der Waals surface area contributed by atoms with E-state index in [9.17, 15) is 4.39 Å². The van der Waals surface area contributed by atoms with Crippen LogP contribution in [0.1, 0.15) is 26.6 Å². The third-order valence-electron chi connectivity index (χ3n) is 2.48. The highest BCUT2D eigenvalue weighted by atomic mass is 79.9. The van der Waals surface area contributed by atoms with Crippen LogP contribution in [-0.4, -0.2) is 9.97 Å². The summed E-state index contributed by atoms with van der Waals surface area (Å²) in [5, 5.41) is 0. The molecular weight excluding hydrogens is 363 g/mol. The van der Waals surface area contributed by atoms with Gasteiger partial charge in [-0.2, -0.15) is 0 Å². The van der Waals surface area contributed by atoms with Crippen LogP contribution >= 0.6 is 31.9 Å². The van der Waals surface area contributed by atoms with E-state index in [0.717, 1.165) is 17.0 Å². The molecule has 0 aliphatic heterocycles. The number of hydrogen-bond donors (Lipinski definition) is 0. The number of nitrogens with zero attached hydrogens (tertiary/aromatic N) is 2. The Morgan fingerprint density at radius 2 is 1.94 bits per heavy atom. The second-order valence-electron chi connectivity index (χ2n) is 3.94. The smallest absolute Gasteiger partial charge is 0.123 e. The van der Waals surface area contributed by atoms with Crippen LogP contribution in [0.2, 0.25) is 0 Å². The van der Waals surface area contributed by atoms with E-state index in [1.165, 1.54) is 12.1 Å². The summed E-state index contributed by atoms with van der Waals surface area (Å²) in [6.45, 7) is 1.89. The Balaban J connectivity index is 2.26. The number of aryl methyl sites for hydroxylation is 1. The highest BCUT2D eigenvalue weighted by molar-refractivity contribution is 9.12. The predicted molar refractivity (Wildman–Crippen MR) is 76.5 cm³/mol. The third-order valence-corrected chi connectivity index (χ3v) is 5.24. The highest BCUT2D eigenvalue weighted by Crippen LogP contribution is 2.41. The molecule has 2 rings (SSSR count). The molecule has 1 heterocycles. The van der Waals surface area contributed by atoms with E-state index in [1.807, 2.05) is 13.0 Å². The molecule has 0 aliphatic rings. The van der Waals surface area contributed by atoms with Gasteiger partial charge in [-0.05, 0) is 24.6 Å². The fourth-order valence-corrected chi connectivity index (χ4v) is 2.69. The zero-order chi connectivity index (χ0) is 13.1. The van der Waals surface area contributed by atoms with E-state index in [1.54, 1.807) is 18.5 Å². The largest absolute Gasteiger partial charge is 0.261 e. The van der Waals surface area contributed by atoms with Crippen molar-refractivity contribution in [1.29, 1.82) is 0 Å². The molecule has 2 aromatic rings. The second-order valence-corrected chi connectivity index (χ2v) is 5.92. The zero-order valence-electron chi connectivity index (χ0n) is 9.65. The van der Waals surface area contributed by atoms with Gasteiger partial charge in [-0.15, -0.1) is 0 Å². The van der Waals surface area contributed by atoms with E-state index < -0.39 is 0 Å². The number of rotatable bonds is 3. The quantitative estimate of drug-likeness (QED) is 0.740. The zero-order valence-corrected chi connectivity index (χ0v) is 12.8. The summed E-state index contributed by atoms with van der Waals surface area (Å²) in [5.74, 6) is -0.244. The van der Waals surface area contributed by atoms with Crippen LogP contribution in [0.4, 0.5) is 4.39 Å². The number of aromatic nitrogens is 2. The molecule has 1 aromatic carbocycles. The van der Waals surface area contributed by atoms with Gasteiger partial charge in [0.05, 0.1) is 21.0 Å². The number of benzene rings is 1. The normalized spacial score (nSPS) is 14.2. The first kappa shape index (κ1) is 13.6. The van der Waals surface area contributed by atoms with Gasteiger partial charge < -0.3 is 0 Å². The van der Waals surface area contributed by atoms with Crippen molar-refractivity contribution in [2.45, 2.75) is 16.6 Å². The summed E-state index contributed by atoms with van der Waals surface area (Å²) in [6, 6.07) is 6.51. The Morgan fingerprint density at radius 3 is 2.61 bits per heavy atom. The Labute approximate surface area is 122 Å². The molecule has 0 spiro atoms. The molecular formula is C13H11Br2FN2. The summed E-state index contributed by atoms with van der Waals surface area (Å²) < 4.78 is 13.2. The van der Waals surface area contributed by atoms with Crippen molar-refractivity contribution in [3.05, 3.63) is 59.4 Å². The van der Waals surface area contributed by atoms with Crippen LogP contribution in [0.3, 0.4) is 0 Å². The molecule has 2 atom stereocenters. The molecule has 18 heavy (non-hydrogen) atoms. The standard InChI is InChI=1S/C13H11Br2FN2/c1-8-6-17-7-11(18-8)13(15)12(14)9-3-2-4-10(16)5-9/h2-7,12-13H,1H3. The molecule has 0 N–H and O–H groups in total. The summed E-state index contributed by atoms with van der Waals surface area (Å²) >= 11 is 7.14. The van der Waals surface area contributed by atoms with Crippen LogP contribution in [0.5, 0.6) is 0 Å². The summed E-state index contributed by atoms with van der Waals surface area (Å²) in [5.41, 5.74) is 2.54. The average Bonchev–Trinajstić information content (AvgIpc) is 2.37. The molecule has 0 aliphatic carbocycles. The van der Waals surface area contributed by atoms with Crippen molar-refractivity contribution < 1.29 is 4.39 Å². The van der Waals surface area contributed by atoms with E-state index in [-0.39, 0.29) is 15.5 Å². The Hall–Kier alpha value is -0.810. The second kappa shape index (κ2) is 5.89. The third kappa shape index (κ3) is 3.14. The lowest BCUT2D eigenvalue weighted by atomic mass is 10.1. The first-order valence-electron chi connectivity index (χ1n) is 5.40. The molecule has 0 amide bonds. The van der Waals surface area contributed by atoms with Crippen molar-refractivity contribution in [3.8, 4) is 0 Å². The van der Waals surface area contributed by atoms with E-state index in [2.05, 4.69) is 41.8 Å². The number of alkyl halides is 2. The highest BCUT2D eigenvalue weighted by Gasteiger charge is 2.21. The maximum atomic E-state index is 13.2. The minimum atomic E-state index is -0.244. The summed E-state index contributed by atoms with van der Waals surface area (Å²) in [7, 11) is 0. The van der Waals surface area contributed by atoms with Crippen LogP contribution in [0.15, 0.2) is 36.7 Å². The SMILES string of the molecule is Cc1cncc(C(Br)C(Br)c2cccc(F)c2)n1. The molecule has 0 saturated heterocycles. The lowest BCUT2D eigenvalue weighted by Crippen LogP contribution is -2.03. The summed E-state index contributed by atoms with van der Waals surface area (Å²) in [6.07, 6.45) is 3.41. The van der Waals surface area contributed by atoms with Gasteiger partial charge in [0, 0.05) is 12.4 Å². The van der Waals surface area contributed by atoms with Crippen LogP contribution in [0, 0.1) is 12.7 Å². The van der Waals surface area contributed by atoms with Crippen molar-refractivity contribution in [2.75, 3.05) is 0 Å².